The van der Waals surface area contributed by atoms with Crippen LogP contribution >= 0.6 is 0 Å². The van der Waals surface area contributed by atoms with E-state index < -0.39 is 0 Å². The number of rotatable bonds is 8. The molecule has 0 saturated heterocycles. The lowest BCUT2D eigenvalue weighted by atomic mass is 10.0. The highest BCUT2D eigenvalue weighted by Gasteiger charge is 2.01. The first kappa shape index (κ1) is 14.2. The molecule has 0 aliphatic heterocycles. The molecular weight excluding hydrogens is 206 g/mol. The van der Waals surface area contributed by atoms with Crippen molar-refractivity contribution in [2.24, 2.45) is 5.92 Å². The molecule has 0 aromatic heterocycles. The summed E-state index contributed by atoms with van der Waals surface area (Å²) in [7, 11) is 0. The van der Waals surface area contributed by atoms with Crippen LogP contribution in [-0.2, 0) is 13.0 Å². The maximum absolute atomic E-state index is 3.57. The van der Waals surface area contributed by atoms with Crippen molar-refractivity contribution >= 4 is 0 Å². The molecule has 0 bridgehead atoms. The van der Waals surface area contributed by atoms with Crippen LogP contribution in [0.2, 0.25) is 0 Å². The molecule has 1 nitrogen and oxygen atoms in total. The SMILES string of the molecule is CCCC(C)CCNCc1ccccc1CC. The molecule has 0 aliphatic carbocycles. The summed E-state index contributed by atoms with van der Waals surface area (Å²) in [5.41, 5.74) is 2.93. The summed E-state index contributed by atoms with van der Waals surface area (Å²) < 4.78 is 0. The lowest BCUT2D eigenvalue weighted by molar-refractivity contribution is 0.464. The van der Waals surface area contributed by atoms with E-state index in [9.17, 15) is 0 Å². The summed E-state index contributed by atoms with van der Waals surface area (Å²) in [5, 5.41) is 3.57. The minimum absolute atomic E-state index is 0.855. The van der Waals surface area contributed by atoms with Crippen LogP contribution < -0.4 is 5.32 Å². The van der Waals surface area contributed by atoms with Gasteiger partial charge in [0, 0.05) is 6.54 Å². The van der Waals surface area contributed by atoms with Crippen LogP contribution in [0.3, 0.4) is 0 Å². The number of nitrogens with one attached hydrogen (secondary N) is 1. The third-order valence-corrected chi connectivity index (χ3v) is 3.41. The van der Waals surface area contributed by atoms with Gasteiger partial charge in [0.25, 0.3) is 0 Å². The predicted octanol–water partition coefficient (Wildman–Crippen LogP) is 4.16. The summed E-state index contributed by atoms with van der Waals surface area (Å²) in [6, 6.07) is 8.74. The quantitative estimate of drug-likeness (QED) is 0.665. The van der Waals surface area contributed by atoms with E-state index in [0.29, 0.717) is 0 Å². The van der Waals surface area contributed by atoms with Crippen LogP contribution in [-0.4, -0.2) is 6.54 Å². The van der Waals surface area contributed by atoms with E-state index in [1.165, 1.54) is 30.4 Å². The van der Waals surface area contributed by atoms with Crippen molar-refractivity contribution < 1.29 is 0 Å². The highest BCUT2D eigenvalue weighted by atomic mass is 14.8. The van der Waals surface area contributed by atoms with Crippen molar-refractivity contribution in [3.63, 3.8) is 0 Å². The third kappa shape index (κ3) is 5.36. The van der Waals surface area contributed by atoms with Gasteiger partial charge in [-0.2, -0.15) is 0 Å². The first-order valence-electron chi connectivity index (χ1n) is 7.05. The second kappa shape index (κ2) is 8.30. The second-order valence-electron chi connectivity index (χ2n) is 4.98. The summed E-state index contributed by atoms with van der Waals surface area (Å²) in [4.78, 5) is 0. The minimum atomic E-state index is 0.855. The molecule has 1 unspecified atom stereocenters. The maximum atomic E-state index is 3.57. The van der Waals surface area contributed by atoms with Crippen LogP contribution in [0.5, 0.6) is 0 Å². The number of aryl methyl sites for hydroxylation is 1. The number of hydrogen-bond donors (Lipinski definition) is 1. The van der Waals surface area contributed by atoms with E-state index in [0.717, 1.165) is 25.4 Å². The van der Waals surface area contributed by atoms with Gasteiger partial charge in [-0.3, -0.25) is 0 Å². The molecule has 1 heteroatoms. The molecular formula is C16H27N. The van der Waals surface area contributed by atoms with Crippen molar-refractivity contribution in [1.29, 1.82) is 0 Å². The monoisotopic (exact) mass is 233 g/mol. The highest BCUT2D eigenvalue weighted by Crippen LogP contribution is 2.10. The van der Waals surface area contributed by atoms with E-state index >= 15 is 0 Å². The molecule has 0 fully saturated rings. The Morgan fingerprint density at radius 1 is 1.06 bits per heavy atom. The Hall–Kier alpha value is -0.820. The van der Waals surface area contributed by atoms with Gasteiger partial charge in [-0.25, -0.2) is 0 Å². The lowest BCUT2D eigenvalue weighted by Gasteiger charge is -2.12. The summed E-state index contributed by atoms with van der Waals surface area (Å²) in [6.45, 7) is 9.00. The van der Waals surface area contributed by atoms with Crippen molar-refractivity contribution in [3.05, 3.63) is 35.4 Å². The predicted molar refractivity (Wildman–Crippen MR) is 76.2 cm³/mol. The van der Waals surface area contributed by atoms with Crippen molar-refractivity contribution in [2.75, 3.05) is 6.54 Å². The minimum Gasteiger partial charge on any atom is -0.313 e. The van der Waals surface area contributed by atoms with E-state index in [-0.39, 0.29) is 0 Å². The fraction of sp³-hybridized carbons (Fsp3) is 0.625. The van der Waals surface area contributed by atoms with Crippen molar-refractivity contribution in [3.8, 4) is 0 Å². The van der Waals surface area contributed by atoms with Crippen LogP contribution in [0.15, 0.2) is 24.3 Å². The van der Waals surface area contributed by atoms with Gasteiger partial charge in [-0.1, -0.05) is 57.9 Å². The smallest absolute Gasteiger partial charge is 0.0208 e. The Bertz CT molecular complexity index is 306. The Morgan fingerprint density at radius 3 is 2.41 bits per heavy atom. The molecule has 96 valence electrons. The van der Waals surface area contributed by atoms with Crippen LogP contribution in [0.1, 0.15) is 51.2 Å². The molecule has 1 rings (SSSR count). The molecule has 1 atom stereocenters. The van der Waals surface area contributed by atoms with E-state index in [1.807, 2.05) is 0 Å². The Morgan fingerprint density at radius 2 is 1.76 bits per heavy atom. The molecule has 0 radical (unpaired) electrons. The second-order valence-corrected chi connectivity index (χ2v) is 4.98. The molecule has 1 aromatic carbocycles. The van der Waals surface area contributed by atoms with Gasteiger partial charge in [0.2, 0.25) is 0 Å². The third-order valence-electron chi connectivity index (χ3n) is 3.41. The molecule has 17 heavy (non-hydrogen) atoms. The van der Waals surface area contributed by atoms with Crippen LogP contribution in [0.25, 0.3) is 0 Å². The average molecular weight is 233 g/mol. The van der Waals surface area contributed by atoms with Gasteiger partial charge in [-0.15, -0.1) is 0 Å². The fourth-order valence-electron chi connectivity index (χ4n) is 2.28. The number of hydrogen-bond acceptors (Lipinski definition) is 1. The summed E-state index contributed by atoms with van der Waals surface area (Å²) in [5.74, 6) is 0.855. The molecule has 0 aliphatic rings. The normalized spacial score (nSPS) is 12.6. The summed E-state index contributed by atoms with van der Waals surface area (Å²) in [6.07, 6.45) is 5.08. The number of benzene rings is 1. The maximum Gasteiger partial charge on any atom is 0.0208 e. The van der Waals surface area contributed by atoms with Crippen LogP contribution in [0.4, 0.5) is 0 Å². The van der Waals surface area contributed by atoms with Gasteiger partial charge in [-0.05, 0) is 36.4 Å². The van der Waals surface area contributed by atoms with Crippen molar-refractivity contribution in [1.82, 2.24) is 5.32 Å². The first-order valence-corrected chi connectivity index (χ1v) is 7.05. The van der Waals surface area contributed by atoms with Gasteiger partial charge in [0.15, 0.2) is 0 Å². The Balaban J connectivity index is 2.26. The molecule has 0 spiro atoms. The Labute approximate surface area is 107 Å². The van der Waals surface area contributed by atoms with Gasteiger partial charge < -0.3 is 5.32 Å². The first-order chi connectivity index (χ1) is 8.27. The van der Waals surface area contributed by atoms with Crippen LogP contribution in [0, 0.1) is 5.92 Å². The molecule has 0 saturated carbocycles. The molecule has 0 amide bonds. The largest absolute Gasteiger partial charge is 0.313 e. The zero-order valence-corrected chi connectivity index (χ0v) is 11.6. The van der Waals surface area contributed by atoms with Gasteiger partial charge in [0.05, 0.1) is 0 Å². The van der Waals surface area contributed by atoms with Crippen molar-refractivity contribution in [2.45, 2.75) is 53.0 Å². The zero-order chi connectivity index (χ0) is 12.5. The fourth-order valence-corrected chi connectivity index (χ4v) is 2.28. The summed E-state index contributed by atoms with van der Waals surface area (Å²) >= 11 is 0. The molecule has 1 N–H and O–H groups in total. The van der Waals surface area contributed by atoms with E-state index in [1.54, 1.807) is 0 Å². The molecule has 1 aromatic rings. The Kier molecular flexibility index (Phi) is 6.95. The molecule has 0 heterocycles. The highest BCUT2D eigenvalue weighted by molar-refractivity contribution is 5.26. The standard InChI is InChI=1S/C16H27N/c1-4-8-14(3)11-12-17-13-16-10-7-6-9-15(16)5-2/h6-7,9-10,14,17H,4-5,8,11-13H2,1-3H3. The zero-order valence-electron chi connectivity index (χ0n) is 11.6. The lowest BCUT2D eigenvalue weighted by Crippen LogP contribution is -2.17. The van der Waals surface area contributed by atoms with E-state index in [4.69, 9.17) is 0 Å². The van der Waals surface area contributed by atoms with Gasteiger partial charge in [0.1, 0.15) is 0 Å². The topological polar surface area (TPSA) is 12.0 Å². The van der Waals surface area contributed by atoms with Gasteiger partial charge >= 0.3 is 0 Å². The van der Waals surface area contributed by atoms with E-state index in [2.05, 4.69) is 50.4 Å². The average Bonchev–Trinajstić information content (AvgIpc) is 2.35.